The summed E-state index contributed by atoms with van der Waals surface area (Å²) in [5.41, 5.74) is 0. The predicted molar refractivity (Wildman–Crippen MR) is 348 cm³/mol. The summed E-state index contributed by atoms with van der Waals surface area (Å²) >= 11 is 0. The fraction of sp³-hybridized carbons (Fsp3) is 0.554. The van der Waals surface area contributed by atoms with Crippen LogP contribution in [0.3, 0.4) is 0 Å². The minimum absolute atomic E-state index is 0.115. The Hall–Kier alpha value is -5.49. The Labute approximate surface area is 491 Å². The third kappa shape index (κ3) is 63.3. The summed E-state index contributed by atoms with van der Waals surface area (Å²) in [5, 5.41) is 0. The van der Waals surface area contributed by atoms with Crippen molar-refractivity contribution in [3.63, 3.8) is 0 Å². The summed E-state index contributed by atoms with van der Waals surface area (Å²) in [6, 6.07) is 0. The highest BCUT2D eigenvalue weighted by Crippen LogP contribution is 2.13. The summed E-state index contributed by atoms with van der Waals surface area (Å²) in [4.78, 5) is 38.3. The molecule has 80 heavy (non-hydrogen) atoms. The zero-order valence-corrected chi connectivity index (χ0v) is 51.0. The molecule has 0 bridgehead atoms. The van der Waals surface area contributed by atoms with Gasteiger partial charge in [0.2, 0.25) is 0 Å². The summed E-state index contributed by atoms with van der Waals surface area (Å²) < 4.78 is 16.8. The third-order valence-electron chi connectivity index (χ3n) is 12.6. The lowest BCUT2D eigenvalue weighted by Gasteiger charge is -2.18. The number of carbonyl (C=O) groups is 3. The van der Waals surface area contributed by atoms with Crippen molar-refractivity contribution >= 4 is 17.9 Å². The fourth-order valence-corrected chi connectivity index (χ4v) is 7.91. The van der Waals surface area contributed by atoms with Gasteiger partial charge in [0, 0.05) is 19.3 Å². The van der Waals surface area contributed by atoms with Crippen molar-refractivity contribution in [2.45, 2.75) is 252 Å². The first kappa shape index (κ1) is 74.5. The maximum atomic E-state index is 12.9. The molecule has 446 valence electrons. The second-order valence-corrected chi connectivity index (χ2v) is 20.2. The highest BCUT2D eigenvalue weighted by atomic mass is 16.6. The lowest BCUT2D eigenvalue weighted by atomic mass is 10.1. The average molecular weight is 1100 g/mol. The van der Waals surface area contributed by atoms with Crippen molar-refractivity contribution in [1.29, 1.82) is 0 Å². The first-order chi connectivity index (χ1) is 39.5. The topological polar surface area (TPSA) is 78.9 Å². The summed E-state index contributed by atoms with van der Waals surface area (Å²) in [6.45, 7) is 6.30. The van der Waals surface area contributed by atoms with Crippen LogP contribution in [0.2, 0.25) is 0 Å². The fourth-order valence-electron chi connectivity index (χ4n) is 7.91. The quantitative estimate of drug-likeness (QED) is 0.0261. The van der Waals surface area contributed by atoms with E-state index >= 15 is 0 Å². The average Bonchev–Trinajstić information content (AvgIpc) is 3.46. The van der Waals surface area contributed by atoms with Gasteiger partial charge in [0.1, 0.15) is 13.2 Å². The van der Waals surface area contributed by atoms with Gasteiger partial charge in [-0.15, -0.1) is 0 Å². The van der Waals surface area contributed by atoms with Crippen LogP contribution in [0.5, 0.6) is 0 Å². The zero-order chi connectivity index (χ0) is 57.8. The second-order valence-electron chi connectivity index (χ2n) is 20.2. The molecular weight excluding hydrogens is 985 g/mol. The van der Waals surface area contributed by atoms with Crippen molar-refractivity contribution in [2.24, 2.45) is 0 Å². The molecule has 0 rings (SSSR count). The van der Waals surface area contributed by atoms with Crippen molar-refractivity contribution in [1.82, 2.24) is 0 Å². The van der Waals surface area contributed by atoms with E-state index in [4.69, 9.17) is 14.2 Å². The van der Waals surface area contributed by atoms with E-state index in [1.165, 1.54) is 19.3 Å². The largest absolute Gasteiger partial charge is 0.462 e. The highest BCUT2D eigenvalue weighted by molar-refractivity contribution is 5.71. The molecule has 0 saturated heterocycles. The molecule has 6 nitrogen and oxygen atoms in total. The van der Waals surface area contributed by atoms with Crippen LogP contribution < -0.4 is 0 Å². The van der Waals surface area contributed by atoms with Crippen LogP contribution in [0.25, 0.3) is 0 Å². The van der Waals surface area contributed by atoms with Crippen LogP contribution >= 0.6 is 0 Å². The Morgan fingerprint density at radius 2 is 0.487 bits per heavy atom. The number of carbonyl (C=O) groups excluding carboxylic acids is 3. The minimum atomic E-state index is -0.822. The summed E-state index contributed by atoms with van der Waals surface area (Å²) in [7, 11) is 0. The van der Waals surface area contributed by atoms with Gasteiger partial charge >= 0.3 is 17.9 Å². The Morgan fingerprint density at radius 3 is 0.775 bits per heavy atom. The number of rotatable bonds is 55. The van der Waals surface area contributed by atoms with Crippen LogP contribution in [-0.2, 0) is 28.6 Å². The maximum Gasteiger partial charge on any atom is 0.306 e. The van der Waals surface area contributed by atoms with E-state index in [2.05, 4.69) is 203 Å². The second kappa shape index (κ2) is 66.0. The Kier molecular flexibility index (Phi) is 61.5. The van der Waals surface area contributed by atoms with Crippen LogP contribution in [-0.4, -0.2) is 37.2 Å². The van der Waals surface area contributed by atoms with Crippen LogP contribution in [0.4, 0.5) is 0 Å². The van der Waals surface area contributed by atoms with Gasteiger partial charge in [-0.05, 0) is 154 Å². The molecule has 0 aromatic rings. The van der Waals surface area contributed by atoms with E-state index in [0.29, 0.717) is 12.8 Å². The van der Waals surface area contributed by atoms with Crippen LogP contribution in [0, 0.1) is 0 Å². The van der Waals surface area contributed by atoms with Crippen LogP contribution in [0.15, 0.2) is 182 Å². The van der Waals surface area contributed by atoms with Crippen molar-refractivity contribution in [3.05, 3.63) is 182 Å². The Morgan fingerprint density at radius 1 is 0.263 bits per heavy atom. The molecule has 0 radical (unpaired) electrons. The number of ether oxygens (including phenoxy) is 3. The number of hydrogen-bond donors (Lipinski definition) is 0. The van der Waals surface area contributed by atoms with Gasteiger partial charge in [0.15, 0.2) is 6.10 Å². The summed E-state index contributed by atoms with van der Waals surface area (Å²) in [5.74, 6) is -0.994. The Balaban J connectivity index is 4.46. The number of unbranched alkanes of at least 4 members (excludes halogenated alkanes) is 14. The van der Waals surface area contributed by atoms with E-state index in [0.717, 1.165) is 186 Å². The van der Waals surface area contributed by atoms with E-state index < -0.39 is 6.10 Å². The van der Waals surface area contributed by atoms with Gasteiger partial charge in [-0.25, -0.2) is 0 Å². The van der Waals surface area contributed by atoms with Gasteiger partial charge in [-0.1, -0.05) is 254 Å². The van der Waals surface area contributed by atoms with E-state index in [-0.39, 0.29) is 37.5 Å². The van der Waals surface area contributed by atoms with E-state index in [9.17, 15) is 14.4 Å². The first-order valence-corrected chi connectivity index (χ1v) is 31.8. The molecule has 0 aromatic heterocycles. The monoisotopic (exact) mass is 1100 g/mol. The number of esters is 3. The number of hydrogen-bond acceptors (Lipinski definition) is 6. The molecule has 0 aliphatic carbocycles. The van der Waals surface area contributed by atoms with Crippen molar-refractivity contribution in [3.8, 4) is 0 Å². The third-order valence-corrected chi connectivity index (χ3v) is 12.6. The smallest absolute Gasteiger partial charge is 0.306 e. The molecule has 0 N–H and O–H groups in total. The van der Waals surface area contributed by atoms with Gasteiger partial charge in [-0.2, -0.15) is 0 Å². The standard InChI is InChI=1S/C74H114O6/c1-4-7-10-13-16-19-22-25-28-30-31-32-33-34-35-36-37-38-39-40-41-42-43-45-46-49-52-55-58-61-64-67-73(76)79-70-71(69-78-72(75)66-63-60-57-54-51-48-27-24-21-18-15-12-9-6-3)80-74(77)68-65-62-59-56-53-50-47-44-29-26-23-20-17-14-11-8-5-2/h7-8,10-11,15-20,24-29,31-32,34-35,37-38,40-41,43,45,47,49-50,52,71H,4-6,9,12-14,21-23,30,33,36,39,42,44,46,48,51,53-70H2,1-3H3/b10-7-,11-8-,18-15-,19-16-,20-17-,27-24-,28-25-,29-26-,32-31-,35-34-,38-37-,41-40-,45-43-,50-47-,52-49-. The van der Waals surface area contributed by atoms with Gasteiger partial charge in [-0.3, -0.25) is 14.4 Å². The molecular formula is C74H114O6. The van der Waals surface area contributed by atoms with Gasteiger partial charge in [0.05, 0.1) is 0 Å². The first-order valence-electron chi connectivity index (χ1n) is 31.8. The summed E-state index contributed by atoms with van der Waals surface area (Å²) in [6.07, 6.45) is 98.9. The molecule has 0 heterocycles. The van der Waals surface area contributed by atoms with Crippen molar-refractivity contribution < 1.29 is 28.6 Å². The maximum absolute atomic E-state index is 12.9. The molecule has 1 atom stereocenters. The Bertz CT molecular complexity index is 1890. The predicted octanol–water partition coefficient (Wildman–Crippen LogP) is 22.0. The SMILES string of the molecule is CC/C=C\C/C=C\C/C=C\C/C=C\C/C=C\C/C=C\C/C=C\C/C=C\C/C=C\CCCCCC(=O)OCC(COC(=O)CCCCCCC/C=C\C/C=C\CCCC)OC(=O)CCCCCC/C=C\C/C=C\C/C=C\C/C=C\CC. The number of allylic oxidation sites excluding steroid dienone is 30. The molecule has 0 aliphatic heterocycles. The highest BCUT2D eigenvalue weighted by Gasteiger charge is 2.19. The molecule has 0 aliphatic rings. The molecule has 6 heteroatoms. The lowest BCUT2D eigenvalue weighted by molar-refractivity contribution is -0.167. The van der Waals surface area contributed by atoms with Crippen LogP contribution in [0.1, 0.15) is 245 Å². The molecule has 1 unspecified atom stereocenters. The lowest BCUT2D eigenvalue weighted by Crippen LogP contribution is -2.30. The van der Waals surface area contributed by atoms with E-state index in [1.54, 1.807) is 0 Å². The van der Waals surface area contributed by atoms with Crippen molar-refractivity contribution in [2.75, 3.05) is 13.2 Å². The molecule has 0 fully saturated rings. The molecule has 0 aromatic carbocycles. The van der Waals surface area contributed by atoms with Gasteiger partial charge < -0.3 is 14.2 Å². The minimum Gasteiger partial charge on any atom is -0.462 e. The van der Waals surface area contributed by atoms with Gasteiger partial charge in [0.25, 0.3) is 0 Å². The molecule has 0 spiro atoms. The molecule has 0 saturated carbocycles. The normalized spacial score (nSPS) is 13.4. The molecule has 0 amide bonds. The zero-order valence-electron chi connectivity index (χ0n) is 51.0. The van der Waals surface area contributed by atoms with E-state index in [1.807, 2.05) is 0 Å².